The van der Waals surface area contributed by atoms with Crippen LogP contribution in [-0.4, -0.2) is 6.54 Å². The molecule has 2 unspecified atom stereocenters. The summed E-state index contributed by atoms with van der Waals surface area (Å²) in [6.07, 6.45) is 7.15. The first kappa shape index (κ1) is 13.6. The molecule has 1 aliphatic rings. The van der Waals surface area contributed by atoms with Gasteiger partial charge in [-0.05, 0) is 58.6 Å². The number of nitrogens with one attached hydrogen (secondary N) is 1. The molecule has 1 fully saturated rings. The maximum Gasteiger partial charge on any atom is 0.0327 e. The van der Waals surface area contributed by atoms with Gasteiger partial charge in [-0.2, -0.15) is 0 Å². The molecule has 0 radical (unpaired) electrons. The SMILES string of the molecule is CC1CCCC(CCNCc2sccc2Br)C1. The molecule has 3 heteroatoms. The van der Waals surface area contributed by atoms with Crippen LogP contribution < -0.4 is 5.32 Å². The van der Waals surface area contributed by atoms with Crippen molar-refractivity contribution >= 4 is 27.3 Å². The molecule has 1 aromatic rings. The number of rotatable bonds is 5. The highest BCUT2D eigenvalue weighted by Crippen LogP contribution is 2.30. The van der Waals surface area contributed by atoms with Gasteiger partial charge in [0.15, 0.2) is 0 Å². The summed E-state index contributed by atoms with van der Waals surface area (Å²) in [6, 6.07) is 2.13. The van der Waals surface area contributed by atoms with Gasteiger partial charge in [-0.15, -0.1) is 11.3 Å². The highest BCUT2D eigenvalue weighted by atomic mass is 79.9. The van der Waals surface area contributed by atoms with Gasteiger partial charge < -0.3 is 5.32 Å². The van der Waals surface area contributed by atoms with Gasteiger partial charge >= 0.3 is 0 Å². The van der Waals surface area contributed by atoms with E-state index in [0.29, 0.717) is 0 Å². The average Bonchev–Trinajstić information content (AvgIpc) is 2.71. The van der Waals surface area contributed by atoms with Crippen LogP contribution in [0.3, 0.4) is 0 Å². The van der Waals surface area contributed by atoms with Crippen LogP contribution in [-0.2, 0) is 6.54 Å². The van der Waals surface area contributed by atoms with E-state index in [9.17, 15) is 0 Å². The first-order chi connectivity index (χ1) is 8.25. The molecular weight excluding hydrogens is 294 g/mol. The zero-order valence-electron chi connectivity index (χ0n) is 10.5. The smallest absolute Gasteiger partial charge is 0.0327 e. The summed E-state index contributed by atoms with van der Waals surface area (Å²) in [5.74, 6) is 1.93. The Bertz CT molecular complexity index is 337. The minimum atomic E-state index is 0.959. The fourth-order valence-corrected chi connectivity index (χ4v) is 4.24. The first-order valence-electron chi connectivity index (χ1n) is 6.68. The van der Waals surface area contributed by atoms with Crippen LogP contribution in [0.25, 0.3) is 0 Å². The summed E-state index contributed by atoms with van der Waals surface area (Å²) in [5, 5.41) is 5.71. The van der Waals surface area contributed by atoms with E-state index in [2.05, 4.69) is 39.6 Å². The maximum absolute atomic E-state index is 3.57. The lowest BCUT2D eigenvalue weighted by atomic mass is 9.81. The monoisotopic (exact) mass is 315 g/mol. The number of halogens is 1. The summed E-state index contributed by atoms with van der Waals surface area (Å²) < 4.78 is 1.25. The normalized spacial score (nSPS) is 25.1. The van der Waals surface area contributed by atoms with Crippen molar-refractivity contribution in [3.63, 3.8) is 0 Å². The highest BCUT2D eigenvalue weighted by molar-refractivity contribution is 9.10. The van der Waals surface area contributed by atoms with Crippen molar-refractivity contribution in [3.8, 4) is 0 Å². The maximum atomic E-state index is 3.57. The minimum absolute atomic E-state index is 0.959. The van der Waals surface area contributed by atoms with Crippen molar-refractivity contribution in [1.29, 1.82) is 0 Å². The third-order valence-corrected chi connectivity index (χ3v) is 5.68. The minimum Gasteiger partial charge on any atom is -0.312 e. The van der Waals surface area contributed by atoms with Crippen molar-refractivity contribution in [2.75, 3.05) is 6.54 Å². The Kier molecular flexibility index (Phi) is 5.51. The Morgan fingerprint density at radius 3 is 3.06 bits per heavy atom. The molecule has 1 heterocycles. The summed E-state index contributed by atoms with van der Waals surface area (Å²) in [4.78, 5) is 1.42. The molecule has 0 saturated heterocycles. The van der Waals surface area contributed by atoms with Gasteiger partial charge in [-0.1, -0.05) is 26.2 Å². The molecule has 1 aliphatic carbocycles. The lowest BCUT2D eigenvalue weighted by Crippen LogP contribution is -2.20. The van der Waals surface area contributed by atoms with E-state index >= 15 is 0 Å². The molecular formula is C14H22BrNS. The van der Waals surface area contributed by atoms with Gasteiger partial charge in [0, 0.05) is 15.9 Å². The van der Waals surface area contributed by atoms with E-state index < -0.39 is 0 Å². The summed E-state index contributed by atoms with van der Waals surface area (Å²) in [7, 11) is 0. The van der Waals surface area contributed by atoms with Gasteiger partial charge in [0.05, 0.1) is 0 Å². The van der Waals surface area contributed by atoms with Gasteiger partial charge in [-0.25, -0.2) is 0 Å². The zero-order valence-corrected chi connectivity index (χ0v) is 12.9. The molecule has 1 saturated carbocycles. The third-order valence-electron chi connectivity index (χ3n) is 3.75. The molecule has 17 heavy (non-hydrogen) atoms. The number of hydrogen-bond acceptors (Lipinski definition) is 2. The summed E-state index contributed by atoms with van der Waals surface area (Å²) in [6.45, 7) is 4.59. The van der Waals surface area contributed by atoms with E-state index in [4.69, 9.17) is 0 Å². The quantitative estimate of drug-likeness (QED) is 0.768. The van der Waals surface area contributed by atoms with Gasteiger partial charge in [0.2, 0.25) is 0 Å². The Labute approximate surface area is 117 Å². The van der Waals surface area contributed by atoms with E-state index in [1.165, 1.54) is 48.0 Å². The molecule has 0 spiro atoms. The van der Waals surface area contributed by atoms with Gasteiger partial charge in [0.1, 0.15) is 0 Å². The molecule has 1 nitrogen and oxygen atoms in total. The largest absolute Gasteiger partial charge is 0.312 e. The second-order valence-electron chi connectivity index (χ2n) is 5.29. The Balaban J connectivity index is 1.61. The molecule has 96 valence electrons. The van der Waals surface area contributed by atoms with E-state index in [1.807, 2.05) is 11.3 Å². The third kappa shape index (κ3) is 4.38. The number of hydrogen-bond donors (Lipinski definition) is 1. The molecule has 1 aromatic heterocycles. The predicted molar refractivity (Wildman–Crippen MR) is 79.5 cm³/mol. The van der Waals surface area contributed by atoms with Crippen LogP contribution in [0.4, 0.5) is 0 Å². The highest BCUT2D eigenvalue weighted by Gasteiger charge is 2.18. The average molecular weight is 316 g/mol. The Morgan fingerprint density at radius 2 is 2.35 bits per heavy atom. The van der Waals surface area contributed by atoms with Crippen molar-refractivity contribution in [1.82, 2.24) is 5.32 Å². The van der Waals surface area contributed by atoms with E-state index in [1.54, 1.807) is 0 Å². The lowest BCUT2D eigenvalue weighted by molar-refractivity contribution is 0.267. The predicted octanol–water partition coefficient (Wildman–Crippen LogP) is 4.82. The van der Waals surface area contributed by atoms with E-state index in [0.717, 1.165) is 18.4 Å². The van der Waals surface area contributed by atoms with Crippen LogP contribution in [0.5, 0.6) is 0 Å². The second kappa shape index (κ2) is 6.91. The Hall–Kier alpha value is 0.140. The molecule has 0 aromatic carbocycles. The van der Waals surface area contributed by atoms with Crippen LogP contribution in [0, 0.1) is 11.8 Å². The van der Waals surface area contributed by atoms with Crippen LogP contribution in [0.2, 0.25) is 0 Å². The fraction of sp³-hybridized carbons (Fsp3) is 0.714. The van der Waals surface area contributed by atoms with Crippen molar-refractivity contribution in [3.05, 3.63) is 20.8 Å². The molecule has 2 rings (SSSR count). The van der Waals surface area contributed by atoms with Crippen LogP contribution >= 0.6 is 27.3 Å². The molecule has 0 aliphatic heterocycles. The molecule has 1 N–H and O–H groups in total. The summed E-state index contributed by atoms with van der Waals surface area (Å²) in [5.41, 5.74) is 0. The fourth-order valence-electron chi connectivity index (χ4n) is 2.78. The van der Waals surface area contributed by atoms with Crippen molar-refractivity contribution < 1.29 is 0 Å². The molecule has 0 bridgehead atoms. The molecule has 2 atom stereocenters. The van der Waals surface area contributed by atoms with Crippen molar-refractivity contribution in [2.24, 2.45) is 11.8 Å². The number of thiophene rings is 1. The summed E-state index contributed by atoms with van der Waals surface area (Å²) >= 11 is 5.40. The lowest BCUT2D eigenvalue weighted by Gasteiger charge is -2.26. The molecule has 0 amide bonds. The standard InChI is InChI=1S/C14H22BrNS/c1-11-3-2-4-12(9-11)5-7-16-10-14-13(15)6-8-17-14/h6,8,11-12,16H,2-5,7,9-10H2,1H3. The van der Waals surface area contributed by atoms with Gasteiger partial charge in [0.25, 0.3) is 0 Å². The second-order valence-corrected chi connectivity index (χ2v) is 7.15. The van der Waals surface area contributed by atoms with Crippen LogP contribution in [0.15, 0.2) is 15.9 Å². The van der Waals surface area contributed by atoms with Crippen LogP contribution in [0.1, 0.15) is 43.9 Å². The van der Waals surface area contributed by atoms with Crippen molar-refractivity contribution in [2.45, 2.75) is 45.6 Å². The Morgan fingerprint density at radius 1 is 1.47 bits per heavy atom. The first-order valence-corrected chi connectivity index (χ1v) is 8.35. The van der Waals surface area contributed by atoms with Gasteiger partial charge in [-0.3, -0.25) is 0 Å². The zero-order chi connectivity index (χ0) is 12.1. The van der Waals surface area contributed by atoms with E-state index in [-0.39, 0.29) is 0 Å². The topological polar surface area (TPSA) is 12.0 Å².